The largest absolute Gasteiger partial charge is 0.395 e. The molecule has 0 saturated carbocycles. The lowest BCUT2D eigenvalue weighted by atomic mass is 10.0. The topological polar surface area (TPSA) is 99.9 Å². The summed E-state index contributed by atoms with van der Waals surface area (Å²) in [6, 6.07) is 5.96. The highest BCUT2D eigenvalue weighted by Crippen LogP contribution is 2.28. The summed E-state index contributed by atoms with van der Waals surface area (Å²) >= 11 is 0. The maximum Gasteiger partial charge on any atom is 0.252 e. The minimum Gasteiger partial charge on any atom is -0.395 e. The van der Waals surface area contributed by atoms with E-state index in [1.165, 1.54) is 5.56 Å². The van der Waals surface area contributed by atoms with Gasteiger partial charge in [-0.05, 0) is 86.2 Å². The van der Waals surface area contributed by atoms with Gasteiger partial charge in [-0.1, -0.05) is 13.3 Å². The average molecular weight is 427 g/mol. The standard InChI is InChI=1S/C23H34N6O2/c1-7-8-20(21-25-26-27-29(21)23(4,5)6)28(9-10-30)14-18-13-17-11-15(2)16(3)12-19(17)24-22(18)31/h11-13,20,30H,7-10,14H2,1-6H3,(H,24,31). The number of fused-ring (bicyclic) bond motifs is 1. The van der Waals surface area contributed by atoms with E-state index in [4.69, 9.17) is 0 Å². The van der Waals surface area contributed by atoms with Crippen molar-refractivity contribution in [2.24, 2.45) is 0 Å². The molecule has 2 heterocycles. The normalized spacial score (nSPS) is 13.3. The maximum absolute atomic E-state index is 12.9. The zero-order chi connectivity index (χ0) is 22.8. The zero-order valence-electron chi connectivity index (χ0n) is 19.4. The Balaban J connectivity index is 2.03. The predicted octanol–water partition coefficient (Wildman–Crippen LogP) is 3.22. The van der Waals surface area contributed by atoms with Crippen molar-refractivity contribution in [2.45, 2.75) is 72.5 Å². The molecule has 2 N–H and O–H groups in total. The molecule has 0 aliphatic heterocycles. The van der Waals surface area contributed by atoms with Crippen LogP contribution in [0.2, 0.25) is 0 Å². The van der Waals surface area contributed by atoms with E-state index in [0.717, 1.165) is 35.1 Å². The number of nitrogens with one attached hydrogen (secondary N) is 1. The quantitative estimate of drug-likeness (QED) is 0.574. The molecule has 0 saturated heterocycles. The van der Waals surface area contributed by atoms with Crippen LogP contribution in [0.25, 0.3) is 10.9 Å². The van der Waals surface area contributed by atoms with Crippen molar-refractivity contribution in [1.29, 1.82) is 0 Å². The van der Waals surface area contributed by atoms with Gasteiger partial charge in [0.05, 0.1) is 18.2 Å². The van der Waals surface area contributed by atoms with Crippen LogP contribution in [0.1, 0.15) is 69.1 Å². The van der Waals surface area contributed by atoms with Gasteiger partial charge in [0.15, 0.2) is 5.82 Å². The summed E-state index contributed by atoms with van der Waals surface area (Å²) < 4.78 is 1.84. The Labute approximate surface area is 183 Å². The lowest BCUT2D eigenvalue weighted by Gasteiger charge is -2.32. The molecule has 1 unspecified atom stereocenters. The van der Waals surface area contributed by atoms with E-state index in [1.807, 2.05) is 23.7 Å². The summed E-state index contributed by atoms with van der Waals surface area (Å²) in [5, 5.41) is 23.3. The SMILES string of the molecule is CCCC(c1nnnn1C(C)(C)C)N(CCO)Cc1cc2cc(C)c(C)cc2[nH]c1=O. The number of hydrogen-bond acceptors (Lipinski definition) is 6. The molecule has 168 valence electrons. The third-order valence-corrected chi connectivity index (χ3v) is 5.73. The fourth-order valence-corrected chi connectivity index (χ4v) is 3.96. The van der Waals surface area contributed by atoms with Crippen LogP contribution in [0, 0.1) is 13.8 Å². The van der Waals surface area contributed by atoms with E-state index in [1.54, 1.807) is 0 Å². The van der Waals surface area contributed by atoms with Crippen molar-refractivity contribution in [3.05, 3.63) is 51.1 Å². The second kappa shape index (κ2) is 9.28. The number of aliphatic hydroxyl groups excluding tert-OH is 1. The summed E-state index contributed by atoms with van der Waals surface area (Å²) in [5.41, 5.74) is 3.46. The lowest BCUT2D eigenvalue weighted by molar-refractivity contribution is 0.123. The van der Waals surface area contributed by atoms with Crippen LogP contribution in [0.3, 0.4) is 0 Å². The first kappa shape index (κ1) is 23.1. The highest BCUT2D eigenvalue weighted by molar-refractivity contribution is 5.80. The number of H-pyrrole nitrogens is 1. The molecule has 3 aromatic rings. The molecule has 0 aliphatic carbocycles. The molecule has 0 radical (unpaired) electrons. The molecule has 3 rings (SSSR count). The van der Waals surface area contributed by atoms with E-state index >= 15 is 0 Å². The number of benzene rings is 1. The Morgan fingerprint density at radius 1 is 1.19 bits per heavy atom. The summed E-state index contributed by atoms with van der Waals surface area (Å²) in [4.78, 5) is 18.0. The molecule has 8 heteroatoms. The van der Waals surface area contributed by atoms with Crippen LogP contribution >= 0.6 is 0 Å². The monoisotopic (exact) mass is 426 g/mol. The zero-order valence-corrected chi connectivity index (χ0v) is 19.4. The van der Waals surface area contributed by atoms with Gasteiger partial charge in [-0.2, -0.15) is 0 Å². The van der Waals surface area contributed by atoms with Crippen molar-refractivity contribution in [3.8, 4) is 0 Å². The fraction of sp³-hybridized carbons (Fsp3) is 0.565. The Kier molecular flexibility index (Phi) is 6.91. The summed E-state index contributed by atoms with van der Waals surface area (Å²) in [6.07, 6.45) is 1.75. The number of hydrogen-bond donors (Lipinski definition) is 2. The van der Waals surface area contributed by atoms with Gasteiger partial charge < -0.3 is 10.1 Å². The van der Waals surface area contributed by atoms with Crippen LogP contribution in [0.15, 0.2) is 23.0 Å². The highest BCUT2D eigenvalue weighted by Gasteiger charge is 2.30. The van der Waals surface area contributed by atoms with Crippen LogP contribution in [0.5, 0.6) is 0 Å². The summed E-state index contributed by atoms with van der Waals surface area (Å²) in [6.45, 7) is 13.2. The molecule has 31 heavy (non-hydrogen) atoms. The Hall–Kier alpha value is -2.58. The maximum atomic E-state index is 12.9. The van der Waals surface area contributed by atoms with Crippen LogP contribution in [-0.4, -0.2) is 48.3 Å². The third kappa shape index (κ3) is 5.02. The number of rotatable bonds is 8. The lowest BCUT2D eigenvalue weighted by Crippen LogP contribution is -2.37. The van der Waals surface area contributed by atoms with Crippen molar-refractivity contribution < 1.29 is 5.11 Å². The average Bonchev–Trinajstić information content (AvgIpc) is 3.18. The number of aromatic nitrogens is 5. The molecule has 0 fully saturated rings. The fourth-order valence-electron chi connectivity index (χ4n) is 3.96. The molecular weight excluding hydrogens is 392 g/mol. The molecular formula is C23H34N6O2. The van der Waals surface area contributed by atoms with Gasteiger partial charge in [-0.25, -0.2) is 4.68 Å². The molecule has 0 spiro atoms. The molecule has 8 nitrogen and oxygen atoms in total. The van der Waals surface area contributed by atoms with Gasteiger partial charge in [0.25, 0.3) is 5.56 Å². The first-order chi connectivity index (χ1) is 14.7. The second-order valence-electron chi connectivity index (χ2n) is 9.27. The summed E-state index contributed by atoms with van der Waals surface area (Å²) in [7, 11) is 0. The first-order valence-corrected chi connectivity index (χ1v) is 10.9. The number of aliphatic hydroxyl groups is 1. The third-order valence-electron chi connectivity index (χ3n) is 5.73. The number of aromatic amines is 1. The van der Waals surface area contributed by atoms with Gasteiger partial charge in [-0.15, -0.1) is 5.10 Å². The van der Waals surface area contributed by atoms with E-state index in [-0.39, 0.29) is 23.7 Å². The number of pyridine rings is 1. The van der Waals surface area contributed by atoms with Crippen molar-refractivity contribution in [1.82, 2.24) is 30.1 Å². The van der Waals surface area contributed by atoms with Crippen LogP contribution < -0.4 is 5.56 Å². The van der Waals surface area contributed by atoms with Crippen LogP contribution in [-0.2, 0) is 12.1 Å². The Morgan fingerprint density at radius 3 is 2.55 bits per heavy atom. The minimum atomic E-state index is -0.272. The molecule has 1 aromatic carbocycles. The second-order valence-corrected chi connectivity index (χ2v) is 9.27. The molecule has 0 aliphatic rings. The smallest absolute Gasteiger partial charge is 0.252 e. The Morgan fingerprint density at radius 2 is 1.90 bits per heavy atom. The molecule has 0 amide bonds. The van der Waals surface area contributed by atoms with E-state index in [0.29, 0.717) is 18.7 Å². The number of aryl methyl sites for hydroxylation is 2. The summed E-state index contributed by atoms with van der Waals surface area (Å²) in [5.74, 6) is 0.756. The highest BCUT2D eigenvalue weighted by atomic mass is 16.3. The van der Waals surface area contributed by atoms with Crippen molar-refractivity contribution in [2.75, 3.05) is 13.2 Å². The number of tetrazole rings is 1. The van der Waals surface area contributed by atoms with Crippen molar-refractivity contribution >= 4 is 10.9 Å². The molecule has 2 aromatic heterocycles. The van der Waals surface area contributed by atoms with Gasteiger partial charge in [0.2, 0.25) is 0 Å². The van der Waals surface area contributed by atoms with Gasteiger partial charge in [-0.3, -0.25) is 9.69 Å². The molecule has 0 bridgehead atoms. The van der Waals surface area contributed by atoms with Crippen molar-refractivity contribution in [3.63, 3.8) is 0 Å². The Bertz CT molecular complexity index is 1100. The number of nitrogens with zero attached hydrogens (tertiary/aromatic N) is 5. The van der Waals surface area contributed by atoms with Crippen LogP contribution in [0.4, 0.5) is 0 Å². The van der Waals surface area contributed by atoms with E-state index in [9.17, 15) is 9.90 Å². The van der Waals surface area contributed by atoms with E-state index in [2.05, 4.69) is 66.1 Å². The van der Waals surface area contributed by atoms with Gasteiger partial charge in [0, 0.05) is 24.2 Å². The minimum absolute atomic E-state index is 0.0128. The molecule has 1 atom stereocenters. The van der Waals surface area contributed by atoms with E-state index < -0.39 is 0 Å². The first-order valence-electron chi connectivity index (χ1n) is 10.9. The predicted molar refractivity (Wildman–Crippen MR) is 122 cm³/mol. The van der Waals surface area contributed by atoms with Gasteiger partial charge in [0.1, 0.15) is 0 Å². The van der Waals surface area contributed by atoms with Gasteiger partial charge >= 0.3 is 0 Å².